The van der Waals surface area contributed by atoms with Crippen LogP contribution >= 0.6 is 0 Å². The Balaban J connectivity index is 1.54. The third-order valence-corrected chi connectivity index (χ3v) is 8.26. The molecule has 0 N–H and O–H groups in total. The monoisotopic (exact) mass is 630 g/mol. The van der Waals surface area contributed by atoms with Gasteiger partial charge in [0.15, 0.2) is 5.58 Å². The van der Waals surface area contributed by atoms with Crippen molar-refractivity contribution in [3.05, 3.63) is 164 Å². The summed E-state index contributed by atoms with van der Waals surface area (Å²) in [5.74, 6) is 1.49. The van der Waals surface area contributed by atoms with Crippen molar-refractivity contribution in [3.8, 4) is 33.8 Å². The summed E-state index contributed by atoms with van der Waals surface area (Å²) in [5, 5.41) is 1.21. The molecule has 0 spiro atoms. The zero-order valence-corrected chi connectivity index (χ0v) is 26.3. The minimum absolute atomic E-state index is 0.308. The average Bonchev–Trinajstić information content (AvgIpc) is 3.13. The van der Waals surface area contributed by atoms with Crippen LogP contribution in [-0.2, 0) is 0 Å². The third-order valence-electron chi connectivity index (χ3n) is 8.26. The van der Waals surface area contributed by atoms with Crippen molar-refractivity contribution in [1.29, 1.82) is 0 Å². The lowest BCUT2D eigenvalue weighted by molar-refractivity contribution is 0.414. The Hall–Kier alpha value is -6.40. The molecule has 0 aliphatic heterocycles. The van der Waals surface area contributed by atoms with Crippen LogP contribution in [0, 0.1) is 0 Å². The largest absolute Gasteiger partial charge is 0.497 e. The predicted octanol–water partition coefficient (Wildman–Crippen LogP) is 9.59. The fourth-order valence-corrected chi connectivity index (χ4v) is 5.88. The second-order valence-electron chi connectivity index (χ2n) is 11.1. The highest BCUT2D eigenvalue weighted by Crippen LogP contribution is 2.37. The molecule has 0 unspecified atom stereocenters. The molecule has 6 nitrogen and oxygen atoms in total. The molecular weight excluding hydrogens is 600 g/mol. The molecule has 48 heavy (non-hydrogen) atoms. The zero-order valence-electron chi connectivity index (χ0n) is 26.3. The van der Waals surface area contributed by atoms with Gasteiger partial charge >= 0.3 is 11.3 Å². The van der Waals surface area contributed by atoms with Crippen molar-refractivity contribution in [1.82, 2.24) is 0 Å². The Morgan fingerprint density at radius 3 is 1.50 bits per heavy atom. The van der Waals surface area contributed by atoms with Crippen molar-refractivity contribution in [3.63, 3.8) is 0 Å². The molecule has 7 aromatic rings. The summed E-state index contributed by atoms with van der Waals surface area (Å²) in [6, 6.07) is 37.7. The quantitative estimate of drug-likeness (QED) is 0.123. The van der Waals surface area contributed by atoms with E-state index in [1.54, 1.807) is 20.3 Å². The number of hydrogen-bond donors (Lipinski definition) is 0. The molecule has 0 fully saturated rings. The van der Waals surface area contributed by atoms with Crippen LogP contribution in [0.4, 0.5) is 0 Å². The van der Waals surface area contributed by atoms with E-state index < -0.39 is 11.3 Å². The molecule has 6 heteroatoms. The van der Waals surface area contributed by atoms with Crippen LogP contribution in [0.1, 0.15) is 22.3 Å². The van der Waals surface area contributed by atoms with Crippen LogP contribution in [-0.4, -0.2) is 14.2 Å². The molecule has 7 rings (SSSR count). The van der Waals surface area contributed by atoms with Crippen LogP contribution in [0.15, 0.2) is 140 Å². The summed E-state index contributed by atoms with van der Waals surface area (Å²) in [4.78, 5) is 27.7. The van der Waals surface area contributed by atoms with E-state index in [9.17, 15) is 9.59 Å². The second kappa shape index (κ2) is 13.1. The molecule has 0 saturated carbocycles. The molecule has 0 atom stereocenters. The maximum absolute atomic E-state index is 14.0. The maximum atomic E-state index is 14.0. The Bertz CT molecular complexity index is 2420. The van der Waals surface area contributed by atoms with Gasteiger partial charge in [0, 0.05) is 16.5 Å². The van der Waals surface area contributed by atoms with Gasteiger partial charge in [0.1, 0.15) is 17.1 Å². The van der Waals surface area contributed by atoms with Crippen LogP contribution in [0.25, 0.3) is 68.5 Å². The lowest BCUT2D eigenvalue weighted by Gasteiger charge is -2.14. The molecule has 0 aliphatic carbocycles. The Morgan fingerprint density at radius 1 is 0.500 bits per heavy atom. The van der Waals surface area contributed by atoms with Gasteiger partial charge in [-0.2, -0.15) is 0 Å². The fourth-order valence-electron chi connectivity index (χ4n) is 5.88. The molecule has 0 bridgehead atoms. The van der Waals surface area contributed by atoms with E-state index in [0.29, 0.717) is 49.8 Å². The first-order chi connectivity index (χ1) is 23.5. The maximum Gasteiger partial charge on any atom is 0.344 e. The smallest absolute Gasteiger partial charge is 0.344 e. The van der Waals surface area contributed by atoms with Gasteiger partial charge in [-0.25, -0.2) is 9.59 Å². The van der Waals surface area contributed by atoms with Gasteiger partial charge in [0.25, 0.3) is 0 Å². The summed E-state index contributed by atoms with van der Waals surface area (Å²) in [7, 11) is 3.25. The SMILES string of the molecule is COc1ccc(/C=C/c2c(-c3ccccc3)c(=O)oc3c2ccc2oc(=O)c(-c4ccccc4)c(/C=C/c4ccc(OC)cc4)c23)cc1. The second-order valence-corrected chi connectivity index (χ2v) is 11.1. The van der Waals surface area contributed by atoms with Gasteiger partial charge in [-0.15, -0.1) is 0 Å². The number of benzene rings is 5. The molecule has 234 valence electrons. The third kappa shape index (κ3) is 5.83. The average molecular weight is 631 g/mol. The van der Waals surface area contributed by atoms with Crippen molar-refractivity contribution >= 4 is 46.2 Å². The van der Waals surface area contributed by atoms with E-state index in [4.69, 9.17) is 18.3 Å². The highest BCUT2D eigenvalue weighted by atomic mass is 16.5. The predicted molar refractivity (Wildman–Crippen MR) is 193 cm³/mol. The van der Waals surface area contributed by atoms with Crippen LogP contribution in [0.3, 0.4) is 0 Å². The minimum Gasteiger partial charge on any atom is -0.497 e. The minimum atomic E-state index is -0.506. The van der Waals surface area contributed by atoms with E-state index >= 15 is 0 Å². The summed E-state index contributed by atoms with van der Waals surface area (Å²) in [6.07, 6.45) is 7.68. The lowest BCUT2D eigenvalue weighted by Crippen LogP contribution is -2.09. The van der Waals surface area contributed by atoms with Crippen molar-refractivity contribution < 1.29 is 18.3 Å². The Labute approximate surface area is 276 Å². The highest BCUT2D eigenvalue weighted by Gasteiger charge is 2.22. The Kier molecular flexibility index (Phi) is 8.29. The zero-order chi connectivity index (χ0) is 33.0. The van der Waals surface area contributed by atoms with Crippen LogP contribution < -0.4 is 20.7 Å². The molecule has 0 aliphatic rings. The first kappa shape index (κ1) is 30.3. The molecule has 2 heterocycles. The fraction of sp³-hybridized carbons (Fsp3) is 0.0476. The number of fused-ring (bicyclic) bond motifs is 3. The summed E-state index contributed by atoms with van der Waals surface area (Å²) in [6.45, 7) is 0. The Morgan fingerprint density at radius 2 is 0.979 bits per heavy atom. The van der Waals surface area contributed by atoms with E-state index in [1.807, 2.05) is 140 Å². The van der Waals surface area contributed by atoms with Crippen LogP contribution in [0.5, 0.6) is 11.5 Å². The van der Waals surface area contributed by atoms with Crippen LogP contribution in [0.2, 0.25) is 0 Å². The summed E-state index contributed by atoms with van der Waals surface area (Å²) < 4.78 is 22.8. The van der Waals surface area contributed by atoms with Crippen molar-refractivity contribution in [2.24, 2.45) is 0 Å². The molecule has 0 amide bonds. The van der Waals surface area contributed by atoms with E-state index in [1.165, 1.54) is 0 Å². The van der Waals surface area contributed by atoms with Gasteiger partial charge in [0.05, 0.1) is 30.7 Å². The van der Waals surface area contributed by atoms with Crippen molar-refractivity contribution in [2.75, 3.05) is 14.2 Å². The first-order valence-corrected chi connectivity index (χ1v) is 15.4. The normalized spacial score (nSPS) is 11.5. The van der Waals surface area contributed by atoms with E-state index in [-0.39, 0.29) is 0 Å². The van der Waals surface area contributed by atoms with Gasteiger partial charge in [0.2, 0.25) is 0 Å². The van der Waals surface area contributed by atoms with Gasteiger partial charge in [-0.05, 0) is 58.7 Å². The number of hydrogen-bond acceptors (Lipinski definition) is 6. The molecule has 0 saturated heterocycles. The first-order valence-electron chi connectivity index (χ1n) is 15.4. The van der Waals surface area contributed by atoms with Gasteiger partial charge in [-0.3, -0.25) is 0 Å². The molecule has 0 radical (unpaired) electrons. The number of ether oxygens (including phenoxy) is 2. The molecular formula is C42H30O6. The summed E-state index contributed by atoms with van der Waals surface area (Å²) in [5.41, 5.74) is 4.92. The number of rotatable bonds is 8. The van der Waals surface area contributed by atoms with E-state index in [0.717, 1.165) is 28.2 Å². The number of methoxy groups -OCH3 is 2. The standard InChI is InChI=1S/C42H30O6/c1-45-31-19-13-27(14-20-31)17-23-33-34-25-26-36-39(40(34)48-42(44)37(33)29-9-5-3-6-10-29)35(24-18-28-15-21-32(46-2)22-16-28)38(41(43)47-36)30-11-7-4-8-12-30/h3-26H,1-2H3/b23-17+,24-18+. The van der Waals surface area contributed by atoms with E-state index in [2.05, 4.69) is 0 Å². The molecule has 5 aromatic carbocycles. The van der Waals surface area contributed by atoms with Gasteiger partial charge < -0.3 is 18.3 Å². The molecule has 2 aromatic heterocycles. The van der Waals surface area contributed by atoms with Crippen molar-refractivity contribution in [2.45, 2.75) is 0 Å². The van der Waals surface area contributed by atoms with Gasteiger partial charge in [-0.1, -0.05) is 109 Å². The summed E-state index contributed by atoms with van der Waals surface area (Å²) >= 11 is 0. The highest BCUT2D eigenvalue weighted by molar-refractivity contribution is 6.12. The lowest BCUT2D eigenvalue weighted by atomic mass is 9.93. The topological polar surface area (TPSA) is 78.9 Å².